The van der Waals surface area contributed by atoms with E-state index in [1.165, 1.54) is 13.2 Å². The molecule has 2 N–H and O–H groups in total. The number of para-hydroxylation sites is 2. The Hall–Kier alpha value is -4.19. The lowest BCUT2D eigenvalue weighted by atomic mass is 10.0. The highest BCUT2D eigenvalue weighted by molar-refractivity contribution is 14.1. The molecule has 1 heterocycles. The molecule has 1 aliphatic heterocycles. The number of methoxy groups -OCH3 is 1. The maximum atomic E-state index is 13.5. The second kappa shape index (κ2) is 10.6. The molecular weight excluding hydrogens is 577 g/mol. The van der Waals surface area contributed by atoms with Crippen LogP contribution in [0.2, 0.25) is 0 Å². The Morgan fingerprint density at radius 3 is 1.92 bits per heavy atom. The van der Waals surface area contributed by atoms with Crippen LogP contribution in [-0.2, 0) is 14.4 Å². The summed E-state index contributed by atoms with van der Waals surface area (Å²) in [6.45, 7) is -0.343. The molecule has 0 unspecified atom stereocenters. The number of urea groups is 1. The van der Waals surface area contributed by atoms with E-state index in [1.807, 2.05) is 22.6 Å². The number of barbiturate groups is 1. The summed E-state index contributed by atoms with van der Waals surface area (Å²) < 4.78 is 11.4. The minimum absolute atomic E-state index is 0.217. The van der Waals surface area contributed by atoms with Gasteiger partial charge in [-0.2, -0.15) is 0 Å². The first kappa shape index (κ1) is 24.9. The van der Waals surface area contributed by atoms with E-state index in [0.717, 1.165) is 9.80 Å². The second-order valence-corrected chi connectivity index (χ2v) is 8.74. The van der Waals surface area contributed by atoms with Crippen LogP contribution >= 0.6 is 22.6 Å². The molecule has 0 aromatic heterocycles. The van der Waals surface area contributed by atoms with Gasteiger partial charge in [0.15, 0.2) is 18.1 Å². The lowest BCUT2D eigenvalue weighted by Gasteiger charge is -2.34. The summed E-state index contributed by atoms with van der Waals surface area (Å²) in [4.78, 5) is 53.4. The fourth-order valence-corrected chi connectivity index (χ4v) is 4.39. The molecule has 5 amide bonds. The number of nitrogens with zero attached hydrogens (tertiary/aromatic N) is 2. The lowest BCUT2D eigenvalue weighted by molar-refractivity contribution is -0.121. The molecule has 36 heavy (non-hydrogen) atoms. The average Bonchev–Trinajstić information content (AvgIpc) is 2.87. The van der Waals surface area contributed by atoms with Gasteiger partial charge in [0.1, 0.15) is 5.57 Å². The van der Waals surface area contributed by atoms with Crippen molar-refractivity contribution in [2.45, 2.75) is 0 Å². The van der Waals surface area contributed by atoms with E-state index in [0.29, 0.717) is 26.3 Å². The summed E-state index contributed by atoms with van der Waals surface area (Å²) in [5.74, 6) is -1.59. The largest absolute Gasteiger partial charge is 0.493 e. The Bertz CT molecular complexity index is 1310. The van der Waals surface area contributed by atoms with Gasteiger partial charge in [0.25, 0.3) is 17.7 Å². The summed E-state index contributed by atoms with van der Waals surface area (Å²) in [7, 11) is 1.42. The first-order valence-corrected chi connectivity index (χ1v) is 11.7. The molecule has 182 valence electrons. The van der Waals surface area contributed by atoms with E-state index in [-0.39, 0.29) is 17.9 Å². The summed E-state index contributed by atoms with van der Waals surface area (Å²) in [5, 5.41) is 0. The zero-order chi connectivity index (χ0) is 25.8. The van der Waals surface area contributed by atoms with E-state index in [9.17, 15) is 19.2 Å². The number of carbonyl (C=O) groups is 4. The van der Waals surface area contributed by atoms with Crippen LogP contribution in [0.15, 0.2) is 78.4 Å². The summed E-state index contributed by atoms with van der Waals surface area (Å²) >= 11 is 1.99. The zero-order valence-electron chi connectivity index (χ0n) is 19.0. The van der Waals surface area contributed by atoms with Crippen LogP contribution < -0.4 is 25.0 Å². The molecule has 0 bridgehead atoms. The Morgan fingerprint density at radius 2 is 1.44 bits per heavy atom. The first-order valence-electron chi connectivity index (χ1n) is 10.6. The monoisotopic (exact) mass is 597 g/mol. The van der Waals surface area contributed by atoms with Gasteiger partial charge in [0, 0.05) is 0 Å². The number of carbonyl (C=O) groups excluding carboxylic acids is 4. The Balaban J connectivity index is 1.83. The van der Waals surface area contributed by atoms with E-state index in [4.69, 9.17) is 15.2 Å². The number of benzene rings is 3. The van der Waals surface area contributed by atoms with Crippen LogP contribution in [0, 0.1) is 3.57 Å². The van der Waals surface area contributed by atoms with Gasteiger partial charge in [-0.25, -0.2) is 14.6 Å². The number of ether oxygens (including phenoxy) is 2. The average molecular weight is 597 g/mol. The van der Waals surface area contributed by atoms with Gasteiger partial charge in [-0.15, -0.1) is 0 Å². The highest BCUT2D eigenvalue weighted by Crippen LogP contribution is 2.36. The van der Waals surface area contributed by atoms with Gasteiger partial charge < -0.3 is 15.2 Å². The summed E-state index contributed by atoms with van der Waals surface area (Å²) in [6.07, 6.45) is 1.39. The normalized spacial score (nSPS) is 13.6. The smallest absolute Gasteiger partial charge is 0.343 e. The third-order valence-corrected chi connectivity index (χ3v) is 6.00. The molecule has 4 rings (SSSR count). The number of halogens is 1. The van der Waals surface area contributed by atoms with E-state index in [2.05, 4.69) is 0 Å². The standard InChI is InChI=1S/C26H20IN3O6/c1-35-21-14-16(13-20(27)23(21)36-15-22(28)31)12-19-24(32)29(17-8-4-2-5-9-17)26(34)30(25(19)33)18-10-6-3-7-11-18/h2-14H,15H2,1H3,(H2,28,31). The van der Waals surface area contributed by atoms with Crippen molar-refractivity contribution >= 4 is 63.8 Å². The molecule has 3 aromatic rings. The van der Waals surface area contributed by atoms with Gasteiger partial charge in [-0.05, 0) is 70.6 Å². The number of primary amides is 1. The minimum atomic E-state index is -0.776. The van der Waals surface area contributed by atoms with Crippen molar-refractivity contribution in [3.63, 3.8) is 0 Å². The van der Waals surface area contributed by atoms with Crippen molar-refractivity contribution in [2.24, 2.45) is 5.73 Å². The molecule has 9 nitrogen and oxygen atoms in total. The van der Waals surface area contributed by atoms with Crippen molar-refractivity contribution in [2.75, 3.05) is 23.5 Å². The van der Waals surface area contributed by atoms with Crippen molar-refractivity contribution in [1.82, 2.24) is 0 Å². The maximum Gasteiger partial charge on any atom is 0.343 e. The van der Waals surface area contributed by atoms with E-state index < -0.39 is 23.8 Å². The molecule has 0 atom stereocenters. The zero-order valence-corrected chi connectivity index (χ0v) is 21.2. The van der Waals surface area contributed by atoms with Gasteiger partial charge in [0.2, 0.25) is 0 Å². The summed E-state index contributed by atoms with van der Waals surface area (Å²) in [6, 6.07) is 19.2. The number of amides is 5. The molecule has 0 radical (unpaired) electrons. The molecule has 1 aliphatic rings. The number of nitrogens with two attached hydrogens (primary N) is 1. The molecule has 1 fully saturated rings. The topological polar surface area (TPSA) is 119 Å². The highest BCUT2D eigenvalue weighted by atomic mass is 127. The van der Waals surface area contributed by atoms with Crippen LogP contribution in [0.4, 0.5) is 16.2 Å². The first-order chi connectivity index (χ1) is 17.3. The molecular formula is C26H20IN3O6. The molecule has 1 saturated heterocycles. The highest BCUT2D eigenvalue weighted by Gasteiger charge is 2.43. The molecule has 0 aliphatic carbocycles. The fourth-order valence-electron chi connectivity index (χ4n) is 3.61. The van der Waals surface area contributed by atoms with Crippen molar-refractivity contribution in [1.29, 1.82) is 0 Å². The lowest BCUT2D eigenvalue weighted by Crippen LogP contribution is -2.57. The van der Waals surface area contributed by atoms with Gasteiger partial charge in [-0.3, -0.25) is 14.4 Å². The van der Waals surface area contributed by atoms with Crippen LogP contribution in [0.25, 0.3) is 6.08 Å². The number of hydrogen-bond acceptors (Lipinski definition) is 6. The van der Waals surface area contributed by atoms with Crippen molar-refractivity contribution < 1.29 is 28.7 Å². The number of hydrogen-bond donors (Lipinski definition) is 1. The predicted octanol–water partition coefficient (Wildman–Crippen LogP) is 3.75. The minimum Gasteiger partial charge on any atom is -0.493 e. The van der Waals surface area contributed by atoms with Crippen LogP contribution in [-0.4, -0.2) is 37.5 Å². The Morgan fingerprint density at radius 1 is 0.917 bits per heavy atom. The van der Waals surface area contributed by atoms with Gasteiger partial charge in [-0.1, -0.05) is 36.4 Å². The third kappa shape index (κ3) is 4.93. The number of anilines is 2. The Kier molecular flexibility index (Phi) is 7.34. The number of rotatable bonds is 7. The maximum absolute atomic E-state index is 13.5. The van der Waals surface area contributed by atoms with Crippen LogP contribution in [0.1, 0.15) is 5.56 Å². The molecule has 3 aromatic carbocycles. The van der Waals surface area contributed by atoms with Crippen molar-refractivity contribution in [3.8, 4) is 11.5 Å². The second-order valence-electron chi connectivity index (χ2n) is 7.58. The van der Waals surface area contributed by atoms with E-state index >= 15 is 0 Å². The summed E-state index contributed by atoms with van der Waals surface area (Å²) in [5.41, 5.74) is 6.06. The van der Waals surface area contributed by atoms with Gasteiger partial charge in [0.05, 0.1) is 22.1 Å². The van der Waals surface area contributed by atoms with E-state index in [1.54, 1.807) is 72.8 Å². The third-order valence-electron chi connectivity index (χ3n) is 5.20. The van der Waals surface area contributed by atoms with Crippen LogP contribution in [0.5, 0.6) is 11.5 Å². The van der Waals surface area contributed by atoms with Crippen LogP contribution in [0.3, 0.4) is 0 Å². The SMILES string of the molecule is COc1cc(C=C2C(=O)N(c3ccccc3)C(=O)N(c3ccccc3)C2=O)cc(I)c1OCC(N)=O. The predicted molar refractivity (Wildman–Crippen MR) is 142 cm³/mol. The van der Waals surface area contributed by atoms with Crippen molar-refractivity contribution in [3.05, 3.63) is 87.5 Å². The Labute approximate surface area is 220 Å². The quantitative estimate of drug-likeness (QED) is 0.252. The molecule has 0 spiro atoms. The molecule has 0 saturated carbocycles. The molecule has 10 heteroatoms. The number of imide groups is 2. The fraction of sp³-hybridized carbons (Fsp3) is 0.0769. The van der Waals surface area contributed by atoms with Gasteiger partial charge >= 0.3 is 6.03 Å².